The maximum absolute atomic E-state index is 13.3. The van der Waals surface area contributed by atoms with Crippen LogP contribution < -0.4 is 0 Å². The first-order valence-corrected chi connectivity index (χ1v) is 15.2. The number of thioether (sulfide) groups is 1. The van der Waals surface area contributed by atoms with Crippen LogP contribution in [-0.4, -0.2) is 37.9 Å². The summed E-state index contributed by atoms with van der Waals surface area (Å²) in [6.07, 6.45) is 3.16. The van der Waals surface area contributed by atoms with E-state index in [1.165, 1.54) is 11.1 Å². The summed E-state index contributed by atoms with van der Waals surface area (Å²) in [5, 5.41) is 9.97. The van der Waals surface area contributed by atoms with Gasteiger partial charge in [0.1, 0.15) is 0 Å². The summed E-state index contributed by atoms with van der Waals surface area (Å²) < 4.78 is 2.13. The van der Waals surface area contributed by atoms with Crippen LogP contribution in [0.2, 0.25) is 0 Å². The Morgan fingerprint density at radius 2 is 1.39 bits per heavy atom. The highest BCUT2D eigenvalue weighted by atomic mass is 32.2. The van der Waals surface area contributed by atoms with Gasteiger partial charge in [0, 0.05) is 36.5 Å². The van der Waals surface area contributed by atoms with Gasteiger partial charge in [-0.1, -0.05) is 120 Å². The largest absolute Gasteiger partial charge is 0.338 e. The Hall–Kier alpha value is -4.16. The molecule has 0 aliphatic heterocycles. The van der Waals surface area contributed by atoms with E-state index in [1.807, 2.05) is 47.4 Å². The molecular weight excluding hydrogens is 524 g/mol. The molecule has 0 radical (unpaired) electrons. The number of rotatable bonds is 13. The highest BCUT2D eigenvalue weighted by Crippen LogP contribution is 2.28. The molecule has 0 bridgehead atoms. The van der Waals surface area contributed by atoms with Crippen molar-refractivity contribution < 1.29 is 4.79 Å². The molecule has 0 spiro atoms. The molecule has 0 atom stereocenters. The summed E-state index contributed by atoms with van der Waals surface area (Å²) in [6, 6.07) is 39.3. The third kappa shape index (κ3) is 7.95. The van der Waals surface area contributed by atoms with Crippen LogP contribution in [0, 0.1) is 6.92 Å². The molecule has 41 heavy (non-hydrogen) atoms. The second-order valence-corrected chi connectivity index (χ2v) is 11.2. The van der Waals surface area contributed by atoms with Crippen LogP contribution >= 0.6 is 11.8 Å². The van der Waals surface area contributed by atoms with E-state index in [4.69, 9.17) is 0 Å². The van der Waals surface area contributed by atoms with Gasteiger partial charge in [-0.05, 0) is 49.4 Å². The summed E-state index contributed by atoms with van der Waals surface area (Å²) in [5.74, 6) is 1.92. The fourth-order valence-corrected chi connectivity index (χ4v) is 5.72. The number of aryl methyl sites for hydroxylation is 1. The zero-order valence-electron chi connectivity index (χ0n) is 23.5. The molecule has 1 heterocycles. The van der Waals surface area contributed by atoms with Gasteiger partial charge in [0.2, 0.25) is 5.91 Å². The van der Waals surface area contributed by atoms with Crippen molar-refractivity contribution in [2.75, 3.05) is 12.3 Å². The van der Waals surface area contributed by atoms with Gasteiger partial charge in [-0.15, -0.1) is 10.2 Å². The van der Waals surface area contributed by atoms with Gasteiger partial charge in [-0.2, -0.15) is 0 Å². The van der Waals surface area contributed by atoms with E-state index in [9.17, 15) is 4.79 Å². The maximum atomic E-state index is 13.3. The quantitative estimate of drug-likeness (QED) is 0.109. The zero-order chi connectivity index (χ0) is 28.3. The summed E-state index contributed by atoms with van der Waals surface area (Å²) in [7, 11) is 0. The van der Waals surface area contributed by atoms with Crippen LogP contribution in [0.15, 0.2) is 120 Å². The van der Waals surface area contributed by atoms with E-state index in [-0.39, 0.29) is 5.91 Å². The molecule has 0 unspecified atom stereocenters. The number of unbranched alkanes of at least 4 members (excludes halogenated alkanes) is 1. The third-order valence-electron chi connectivity index (χ3n) is 7.06. The topological polar surface area (TPSA) is 51.0 Å². The molecular formula is C35H36N4OS. The molecule has 0 fully saturated rings. The van der Waals surface area contributed by atoms with Crippen LogP contribution in [0.25, 0.3) is 17.1 Å². The lowest BCUT2D eigenvalue weighted by Gasteiger charge is -2.23. The molecule has 1 aromatic heterocycles. The fraction of sp³-hybridized carbons (Fsp3) is 0.229. The van der Waals surface area contributed by atoms with Crippen molar-refractivity contribution >= 4 is 17.7 Å². The number of amides is 1. The van der Waals surface area contributed by atoms with Gasteiger partial charge < -0.3 is 4.90 Å². The van der Waals surface area contributed by atoms with E-state index < -0.39 is 0 Å². The molecule has 0 aliphatic carbocycles. The van der Waals surface area contributed by atoms with E-state index in [0.29, 0.717) is 19.5 Å². The monoisotopic (exact) mass is 560 g/mol. The lowest BCUT2D eigenvalue weighted by Crippen LogP contribution is -2.32. The Morgan fingerprint density at radius 3 is 2.07 bits per heavy atom. The van der Waals surface area contributed by atoms with E-state index in [2.05, 4.69) is 94.5 Å². The molecule has 4 aromatic carbocycles. The minimum atomic E-state index is 0.212. The van der Waals surface area contributed by atoms with Crippen molar-refractivity contribution in [1.29, 1.82) is 0 Å². The van der Waals surface area contributed by atoms with E-state index in [1.54, 1.807) is 11.8 Å². The van der Waals surface area contributed by atoms with Crippen molar-refractivity contribution in [3.63, 3.8) is 0 Å². The first kappa shape index (κ1) is 28.4. The normalized spacial score (nSPS) is 11.0. The molecule has 0 saturated heterocycles. The Morgan fingerprint density at radius 1 is 0.756 bits per heavy atom. The highest BCUT2D eigenvalue weighted by molar-refractivity contribution is 7.99. The molecule has 5 nitrogen and oxygen atoms in total. The predicted octanol–water partition coefficient (Wildman–Crippen LogP) is 7.78. The minimum absolute atomic E-state index is 0.212. The Labute approximate surface area is 247 Å². The van der Waals surface area contributed by atoms with Gasteiger partial charge in [0.05, 0.1) is 0 Å². The van der Waals surface area contributed by atoms with Gasteiger partial charge in [-0.25, -0.2) is 0 Å². The average molecular weight is 561 g/mol. The first-order valence-electron chi connectivity index (χ1n) is 14.2. The van der Waals surface area contributed by atoms with Gasteiger partial charge in [0.25, 0.3) is 0 Å². The lowest BCUT2D eigenvalue weighted by atomic mass is 10.1. The summed E-state index contributed by atoms with van der Waals surface area (Å²) in [4.78, 5) is 15.3. The number of aromatic nitrogens is 3. The fourth-order valence-electron chi connectivity index (χ4n) is 4.77. The number of hydrogen-bond donors (Lipinski definition) is 0. The number of benzene rings is 4. The Bertz CT molecular complexity index is 1500. The molecule has 1 amide bonds. The van der Waals surface area contributed by atoms with Crippen LogP contribution in [0.1, 0.15) is 36.0 Å². The maximum Gasteiger partial charge on any atom is 0.222 e. The van der Waals surface area contributed by atoms with Gasteiger partial charge in [0.15, 0.2) is 11.0 Å². The van der Waals surface area contributed by atoms with Crippen LogP contribution in [-0.2, 0) is 17.8 Å². The second-order valence-electron chi connectivity index (χ2n) is 10.2. The van der Waals surface area contributed by atoms with Crippen molar-refractivity contribution in [1.82, 2.24) is 19.7 Å². The molecule has 5 aromatic rings. The van der Waals surface area contributed by atoms with Crippen molar-refractivity contribution in [2.45, 2.75) is 44.3 Å². The van der Waals surface area contributed by atoms with Crippen molar-refractivity contribution in [3.05, 3.63) is 132 Å². The van der Waals surface area contributed by atoms with Gasteiger partial charge in [-0.3, -0.25) is 9.36 Å². The smallest absolute Gasteiger partial charge is 0.222 e. The SMILES string of the molecule is Cc1ccc(-n2c(SCCCCC(=O)N(CCc3ccccc3)Cc3ccccc3)nnc2-c2ccccc2)cc1. The number of nitrogens with zero attached hydrogens (tertiary/aromatic N) is 4. The van der Waals surface area contributed by atoms with Crippen molar-refractivity contribution in [2.24, 2.45) is 0 Å². The van der Waals surface area contributed by atoms with Crippen LogP contribution in [0.3, 0.4) is 0 Å². The highest BCUT2D eigenvalue weighted by Gasteiger charge is 2.17. The molecule has 6 heteroatoms. The summed E-state index contributed by atoms with van der Waals surface area (Å²) in [6.45, 7) is 3.45. The van der Waals surface area contributed by atoms with Gasteiger partial charge >= 0.3 is 0 Å². The average Bonchev–Trinajstić information content (AvgIpc) is 3.44. The Kier molecular flexibility index (Phi) is 10.0. The van der Waals surface area contributed by atoms with Crippen molar-refractivity contribution in [3.8, 4) is 17.1 Å². The Balaban J connectivity index is 1.19. The number of carbonyl (C=O) groups excluding carboxylic acids is 1. The van der Waals surface area contributed by atoms with E-state index >= 15 is 0 Å². The molecule has 0 saturated carbocycles. The minimum Gasteiger partial charge on any atom is -0.338 e. The number of carbonyl (C=O) groups is 1. The van der Waals surface area contributed by atoms with Crippen LogP contribution in [0.5, 0.6) is 0 Å². The second kappa shape index (κ2) is 14.5. The number of hydrogen-bond acceptors (Lipinski definition) is 4. The lowest BCUT2D eigenvalue weighted by molar-refractivity contribution is -0.131. The molecule has 0 aliphatic rings. The van der Waals surface area contributed by atoms with Crippen LogP contribution in [0.4, 0.5) is 0 Å². The molecule has 208 valence electrons. The molecule has 5 rings (SSSR count). The molecule has 0 N–H and O–H groups in total. The standard InChI is InChI=1S/C35H36N4OS/c1-28-20-22-32(23-21-28)39-34(31-17-9-4-10-18-31)36-37-35(39)41-26-12-11-19-33(40)38(27-30-15-7-3-8-16-30)25-24-29-13-5-2-6-14-29/h2-10,13-18,20-23H,11-12,19,24-27H2,1H3. The predicted molar refractivity (Wildman–Crippen MR) is 168 cm³/mol. The summed E-state index contributed by atoms with van der Waals surface area (Å²) in [5.41, 5.74) is 5.71. The summed E-state index contributed by atoms with van der Waals surface area (Å²) >= 11 is 1.70. The first-order chi connectivity index (χ1) is 20.2. The zero-order valence-corrected chi connectivity index (χ0v) is 24.3. The van der Waals surface area contributed by atoms with E-state index in [0.717, 1.165) is 52.8 Å². The third-order valence-corrected chi connectivity index (χ3v) is 8.07.